The summed E-state index contributed by atoms with van der Waals surface area (Å²) in [6.07, 6.45) is 5.00. The molecule has 124 valence electrons. The highest BCUT2D eigenvalue weighted by atomic mass is 35.5. The van der Waals surface area contributed by atoms with Crippen molar-refractivity contribution < 1.29 is 4.79 Å². The number of aromatic nitrogens is 1. The fourth-order valence-electron chi connectivity index (χ4n) is 2.41. The molecule has 23 heavy (non-hydrogen) atoms. The molecule has 5 nitrogen and oxygen atoms in total. The van der Waals surface area contributed by atoms with E-state index in [4.69, 9.17) is 5.73 Å². The Morgan fingerprint density at radius 3 is 2.83 bits per heavy atom. The Morgan fingerprint density at radius 1 is 1.35 bits per heavy atom. The average molecular weight is 353 g/mol. The molecule has 0 unspecified atom stereocenters. The van der Waals surface area contributed by atoms with Crippen LogP contribution in [0, 0.1) is 5.92 Å². The summed E-state index contributed by atoms with van der Waals surface area (Å²) in [5.74, 6) is 0.357. The maximum Gasteiger partial charge on any atom is 0.227 e. The Bertz CT molecular complexity index is 657. The van der Waals surface area contributed by atoms with Gasteiger partial charge in [0, 0.05) is 35.8 Å². The van der Waals surface area contributed by atoms with Crippen molar-refractivity contribution in [3.05, 3.63) is 40.9 Å². The first-order valence-corrected chi connectivity index (χ1v) is 8.33. The van der Waals surface area contributed by atoms with Crippen molar-refractivity contribution in [1.29, 1.82) is 0 Å². The summed E-state index contributed by atoms with van der Waals surface area (Å²) in [5, 5.41) is 6.96. The lowest BCUT2D eigenvalue weighted by Gasteiger charge is -2.24. The van der Waals surface area contributed by atoms with Crippen LogP contribution in [0.2, 0.25) is 0 Å². The van der Waals surface area contributed by atoms with Gasteiger partial charge in [0.2, 0.25) is 5.91 Å². The molecule has 0 bridgehead atoms. The number of halogens is 1. The molecule has 0 aliphatic heterocycles. The van der Waals surface area contributed by atoms with Crippen LogP contribution in [0.5, 0.6) is 0 Å². The highest BCUT2D eigenvalue weighted by molar-refractivity contribution is 7.15. The molecule has 4 N–H and O–H groups in total. The van der Waals surface area contributed by atoms with E-state index in [2.05, 4.69) is 15.6 Å². The predicted molar refractivity (Wildman–Crippen MR) is 96.7 cm³/mol. The lowest BCUT2D eigenvalue weighted by molar-refractivity contribution is -0.122. The molecule has 1 heterocycles. The van der Waals surface area contributed by atoms with Crippen molar-refractivity contribution >= 4 is 40.5 Å². The fourth-order valence-corrected chi connectivity index (χ4v) is 3.06. The Morgan fingerprint density at radius 2 is 2.17 bits per heavy atom. The maximum absolute atomic E-state index is 12.0. The molecular weight excluding hydrogens is 332 g/mol. The first-order valence-electron chi connectivity index (χ1n) is 7.51. The third-order valence-corrected chi connectivity index (χ3v) is 4.70. The van der Waals surface area contributed by atoms with E-state index in [1.54, 1.807) is 6.20 Å². The van der Waals surface area contributed by atoms with E-state index in [9.17, 15) is 4.79 Å². The van der Waals surface area contributed by atoms with Crippen LogP contribution in [0.15, 0.2) is 30.5 Å². The van der Waals surface area contributed by atoms with E-state index in [1.807, 2.05) is 24.3 Å². The summed E-state index contributed by atoms with van der Waals surface area (Å²) < 4.78 is 0. The molecule has 2 aromatic rings. The number of amides is 1. The molecule has 7 heteroatoms. The zero-order valence-corrected chi connectivity index (χ0v) is 14.4. The second-order valence-electron chi connectivity index (χ2n) is 5.59. The van der Waals surface area contributed by atoms with Crippen molar-refractivity contribution in [3.8, 4) is 0 Å². The van der Waals surface area contributed by atoms with Crippen molar-refractivity contribution in [1.82, 2.24) is 10.3 Å². The van der Waals surface area contributed by atoms with E-state index < -0.39 is 0 Å². The Balaban J connectivity index is 0.00000192. The largest absolute Gasteiger partial charge is 0.375 e. The number of rotatable bonds is 6. The number of anilines is 2. The van der Waals surface area contributed by atoms with E-state index in [0.29, 0.717) is 5.13 Å². The van der Waals surface area contributed by atoms with Gasteiger partial charge < -0.3 is 16.4 Å². The number of nitrogens with zero attached hydrogens (tertiary/aromatic N) is 1. The number of nitrogens with one attached hydrogen (secondary N) is 2. The van der Waals surface area contributed by atoms with Crippen LogP contribution in [0.4, 0.5) is 10.8 Å². The number of carbonyl (C=O) groups is 1. The minimum absolute atomic E-state index is 0. The number of hydrogen-bond acceptors (Lipinski definition) is 5. The highest BCUT2D eigenvalue weighted by Gasteiger charge is 2.25. The second-order valence-corrected chi connectivity index (χ2v) is 6.73. The summed E-state index contributed by atoms with van der Waals surface area (Å²) in [4.78, 5) is 17.1. The SMILES string of the molecule is Cl.Nc1ncc(CNCc2cccc(NC(=O)C3CCC3)c2)s1. The molecule has 1 aliphatic rings. The third-order valence-electron chi connectivity index (χ3n) is 3.87. The zero-order valence-electron chi connectivity index (χ0n) is 12.7. The van der Waals surface area contributed by atoms with Crippen LogP contribution < -0.4 is 16.4 Å². The molecule has 1 aromatic heterocycles. The minimum Gasteiger partial charge on any atom is -0.375 e. The Labute approximate surface area is 146 Å². The topological polar surface area (TPSA) is 80.0 Å². The number of thiazole rings is 1. The molecular formula is C16H21ClN4OS. The number of benzene rings is 1. The van der Waals surface area contributed by atoms with Gasteiger partial charge in [0.05, 0.1) is 0 Å². The van der Waals surface area contributed by atoms with E-state index >= 15 is 0 Å². The van der Waals surface area contributed by atoms with E-state index in [1.165, 1.54) is 17.8 Å². The van der Waals surface area contributed by atoms with E-state index in [0.717, 1.165) is 42.1 Å². The number of hydrogen-bond donors (Lipinski definition) is 3. The van der Waals surface area contributed by atoms with Gasteiger partial charge in [0.15, 0.2) is 5.13 Å². The quantitative estimate of drug-likeness (QED) is 0.746. The number of carbonyl (C=O) groups excluding carboxylic acids is 1. The van der Waals surface area contributed by atoms with Crippen molar-refractivity contribution in [3.63, 3.8) is 0 Å². The molecule has 1 aromatic carbocycles. The normalized spacial score (nSPS) is 13.9. The third kappa shape index (κ3) is 4.92. The Hall–Kier alpha value is -1.63. The number of nitrogen functional groups attached to an aromatic ring is 1. The predicted octanol–water partition coefficient (Wildman–Crippen LogP) is 3.18. The average Bonchev–Trinajstić information content (AvgIpc) is 2.83. The first kappa shape index (κ1) is 17.7. The van der Waals surface area contributed by atoms with E-state index in [-0.39, 0.29) is 24.2 Å². The second kappa shape index (κ2) is 8.29. The van der Waals surface area contributed by atoms with Gasteiger partial charge in [-0.1, -0.05) is 18.6 Å². The summed E-state index contributed by atoms with van der Waals surface area (Å²) in [6, 6.07) is 7.97. The molecule has 1 amide bonds. The number of nitrogens with two attached hydrogens (primary N) is 1. The standard InChI is InChI=1S/C16H20N4OS.ClH/c17-16-19-10-14(22-16)9-18-8-11-3-1-6-13(7-11)20-15(21)12-4-2-5-12;/h1,3,6-7,10,12,18H,2,4-5,8-9H2,(H2,17,19)(H,20,21);1H. The highest BCUT2D eigenvalue weighted by Crippen LogP contribution is 2.27. The Kier molecular flexibility index (Phi) is 6.38. The molecule has 1 saturated carbocycles. The summed E-state index contributed by atoms with van der Waals surface area (Å²) in [5.41, 5.74) is 7.62. The first-order chi connectivity index (χ1) is 10.7. The van der Waals surface area contributed by atoms with Crippen LogP contribution in [-0.2, 0) is 17.9 Å². The molecule has 0 saturated heterocycles. The molecule has 1 aliphatic carbocycles. The van der Waals surface area contributed by atoms with Gasteiger partial charge in [-0.3, -0.25) is 4.79 Å². The van der Waals surface area contributed by atoms with Gasteiger partial charge >= 0.3 is 0 Å². The van der Waals surface area contributed by atoms with Crippen molar-refractivity contribution in [2.45, 2.75) is 32.4 Å². The van der Waals surface area contributed by atoms with Gasteiger partial charge in [-0.2, -0.15) is 0 Å². The van der Waals surface area contributed by atoms with Crippen LogP contribution in [0.1, 0.15) is 29.7 Å². The van der Waals surface area contributed by atoms with Gasteiger partial charge in [0.1, 0.15) is 0 Å². The lowest BCUT2D eigenvalue weighted by atomic mass is 9.85. The van der Waals surface area contributed by atoms with Crippen LogP contribution in [-0.4, -0.2) is 10.9 Å². The van der Waals surface area contributed by atoms with Crippen molar-refractivity contribution in [2.24, 2.45) is 5.92 Å². The summed E-state index contributed by atoms with van der Waals surface area (Å²) >= 11 is 1.49. The van der Waals surface area contributed by atoms with Gasteiger partial charge in [-0.05, 0) is 30.5 Å². The lowest BCUT2D eigenvalue weighted by Crippen LogP contribution is -2.28. The molecule has 0 atom stereocenters. The van der Waals surface area contributed by atoms with Crippen LogP contribution >= 0.6 is 23.7 Å². The van der Waals surface area contributed by atoms with Crippen LogP contribution in [0.25, 0.3) is 0 Å². The summed E-state index contributed by atoms with van der Waals surface area (Å²) in [6.45, 7) is 1.48. The zero-order chi connectivity index (χ0) is 15.4. The molecule has 1 fully saturated rings. The van der Waals surface area contributed by atoms with Crippen molar-refractivity contribution in [2.75, 3.05) is 11.1 Å². The fraction of sp³-hybridized carbons (Fsp3) is 0.375. The molecule has 0 spiro atoms. The van der Waals surface area contributed by atoms with Gasteiger partial charge in [0.25, 0.3) is 0 Å². The van der Waals surface area contributed by atoms with Crippen LogP contribution in [0.3, 0.4) is 0 Å². The molecule has 3 rings (SSSR count). The molecule has 0 radical (unpaired) electrons. The maximum atomic E-state index is 12.0. The van der Waals surface area contributed by atoms with Gasteiger partial charge in [-0.15, -0.1) is 23.7 Å². The minimum atomic E-state index is 0. The van der Waals surface area contributed by atoms with Gasteiger partial charge in [-0.25, -0.2) is 4.98 Å². The smallest absolute Gasteiger partial charge is 0.227 e. The monoisotopic (exact) mass is 352 g/mol. The summed E-state index contributed by atoms with van der Waals surface area (Å²) in [7, 11) is 0.